The maximum atomic E-state index is 6.36. The van der Waals surface area contributed by atoms with Gasteiger partial charge in [-0.15, -0.1) is 0 Å². The van der Waals surface area contributed by atoms with Crippen LogP contribution in [0.5, 0.6) is 0 Å². The van der Waals surface area contributed by atoms with E-state index in [0.29, 0.717) is 17.4 Å². The molecule has 0 radical (unpaired) electrons. The lowest BCUT2D eigenvalue weighted by Crippen LogP contribution is -2.40. The van der Waals surface area contributed by atoms with E-state index < -0.39 is 0 Å². The van der Waals surface area contributed by atoms with Crippen LogP contribution in [0.15, 0.2) is 22.7 Å². The molecule has 0 amide bonds. The Kier molecular flexibility index (Phi) is 5.20. The number of hydrogen-bond donors (Lipinski definition) is 1. The summed E-state index contributed by atoms with van der Waals surface area (Å²) in [5.41, 5.74) is 7.96. The number of hydrogen-bond acceptors (Lipinski definition) is 1. The molecular weight excluding hydrogens is 334 g/mol. The predicted molar refractivity (Wildman–Crippen MR) is 91.1 cm³/mol. The van der Waals surface area contributed by atoms with E-state index in [4.69, 9.17) is 17.3 Å². The maximum absolute atomic E-state index is 6.36. The second-order valence-corrected chi connectivity index (χ2v) is 8.56. The highest BCUT2D eigenvalue weighted by Gasteiger charge is 2.34. The standard InChI is InChI=1S/C17H25BrClN/c1-17(2,3)13-5-7-16(20)12(9-13)8-11-4-6-14(18)10-15(11)19/h4,6,10,12-13,16H,5,7-9,20H2,1-3H3. The molecule has 1 aromatic rings. The lowest BCUT2D eigenvalue weighted by Gasteiger charge is -2.41. The van der Waals surface area contributed by atoms with E-state index in [1.54, 1.807) is 0 Å². The Bertz CT molecular complexity index is 467. The fourth-order valence-electron chi connectivity index (χ4n) is 3.28. The summed E-state index contributed by atoms with van der Waals surface area (Å²) in [6, 6.07) is 6.48. The minimum absolute atomic E-state index is 0.313. The molecule has 2 rings (SSSR count). The fraction of sp³-hybridized carbons (Fsp3) is 0.647. The Hall–Kier alpha value is -0.0500. The zero-order valence-corrected chi connectivity index (χ0v) is 15.0. The van der Waals surface area contributed by atoms with Crippen LogP contribution in [0.2, 0.25) is 5.02 Å². The summed E-state index contributed by atoms with van der Waals surface area (Å²) >= 11 is 9.81. The van der Waals surface area contributed by atoms with Crippen LogP contribution in [-0.4, -0.2) is 6.04 Å². The molecule has 1 fully saturated rings. The molecule has 0 heterocycles. The zero-order valence-electron chi connectivity index (χ0n) is 12.6. The van der Waals surface area contributed by atoms with Gasteiger partial charge in [0.25, 0.3) is 0 Å². The van der Waals surface area contributed by atoms with Gasteiger partial charge in [0.05, 0.1) is 0 Å². The van der Waals surface area contributed by atoms with Crippen LogP contribution in [0, 0.1) is 17.3 Å². The van der Waals surface area contributed by atoms with Gasteiger partial charge in [-0.25, -0.2) is 0 Å². The molecule has 0 aromatic heterocycles. The third-order valence-electron chi connectivity index (χ3n) is 4.76. The van der Waals surface area contributed by atoms with Crippen molar-refractivity contribution < 1.29 is 0 Å². The third kappa shape index (κ3) is 3.99. The molecule has 1 aliphatic rings. The molecule has 3 unspecified atom stereocenters. The van der Waals surface area contributed by atoms with Crippen molar-refractivity contribution in [1.29, 1.82) is 0 Å². The van der Waals surface area contributed by atoms with Crippen molar-refractivity contribution in [1.82, 2.24) is 0 Å². The number of nitrogens with two attached hydrogens (primary N) is 1. The minimum atomic E-state index is 0.313. The van der Waals surface area contributed by atoms with Crippen molar-refractivity contribution in [3.8, 4) is 0 Å². The van der Waals surface area contributed by atoms with Crippen LogP contribution >= 0.6 is 27.5 Å². The van der Waals surface area contributed by atoms with Crippen molar-refractivity contribution in [2.24, 2.45) is 23.0 Å². The molecule has 0 bridgehead atoms. The number of rotatable bonds is 2. The summed E-state index contributed by atoms with van der Waals surface area (Å²) in [6.07, 6.45) is 4.62. The van der Waals surface area contributed by atoms with Crippen LogP contribution in [-0.2, 0) is 6.42 Å². The SMILES string of the molecule is CC(C)(C)C1CCC(N)C(Cc2ccc(Br)cc2Cl)C1. The van der Waals surface area contributed by atoms with E-state index in [0.717, 1.165) is 28.3 Å². The van der Waals surface area contributed by atoms with Crippen molar-refractivity contribution in [3.63, 3.8) is 0 Å². The number of halogens is 2. The van der Waals surface area contributed by atoms with Crippen LogP contribution < -0.4 is 5.73 Å². The lowest BCUT2D eigenvalue weighted by molar-refractivity contribution is 0.127. The highest BCUT2D eigenvalue weighted by molar-refractivity contribution is 9.10. The maximum Gasteiger partial charge on any atom is 0.0449 e. The van der Waals surface area contributed by atoms with Crippen molar-refractivity contribution in [3.05, 3.63) is 33.3 Å². The second-order valence-electron chi connectivity index (χ2n) is 7.24. The summed E-state index contributed by atoms with van der Waals surface area (Å²) in [5, 5.41) is 0.851. The lowest BCUT2D eigenvalue weighted by atomic mass is 9.66. The van der Waals surface area contributed by atoms with Crippen molar-refractivity contribution in [2.75, 3.05) is 0 Å². The van der Waals surface area contributed by atoms with Gasteiger partial charge in [-0.05, 0) is 60.6 Å². The second kappa shape index (κ2) is 6.37. The van der Waals surface area contributed by atoms with Gasteiger partial charge in [-0.2, -0.15) is 0 Å². The van der Waals surface area contributed by atoms with Gasteiger partial charge in [0.1, 0.15) is 0 Å². The Morgan fingerprint density at radius 1 is 1.30 bits per heavy atom. The monoisotopic (exact) mass is 357 g/mol. The average Bonchev–Trinajstić information content (AvgIpc) is 2.33. The molecule has 20 heavy (non-hydrogen) atoms. The largest absolute Gasteiger partial charge is 0.327 e. The molecule has 0 saturated heterocycles. The Morgan fingerprint density at radius 2 is 2.00 bits per heavy atom. The first-order valence-corrected chi connectivity index (χ1v) is 8.64. The van der Waals surface area contributed by atoms with Gasteiger partial charge in [0, 0.05) is 15.5 Å². The third-order valence-corrected chi connectivity index (χ3v) is 5.61. The molecule has 1 aromatic carbocycles. The molecule has 0 spiro atoms. The molecule has 112 valence electrons. The van der Waals surface area contributed by atoms with E-state index in [-0.39, 0.29) is 0 Å². The minimum Gasteiger partial charge on any atom is -0.327 e. The molecule has 3 atom stereocenters. The molecule has 2 N–H and O–H groups in total. The van der Waals surface area contributed by atoms with Gasteiger partial charge in [-0.3, -0.25) is 0 Å². The van der Waals surface area contributed by atoms with E-state index >= 15 is 0 Å². The van der Waals surface area contributed by atoms with Crippen LogP contribution in [0.4, 0.5) is 0 Å². The van der Waals surface area contributed by atoms with Gasteiger partial charge < -0.3 is 5.73 Å². The first-order chi connectivity index (χ1) is 9.27. The van der Waals surface area contributed by atoms with E-state index in [1.165, 1.54) is 18.4 Å². The van der Waals surface area contributed by atoms with E-state index in [9.17, 15) is 0 Å². The number of benzene rings is 1. The summed E-state index contributed by atoms with van der Waals surface area (Å²) in [6.45, 7) is 7.04. The van der Waals surface area contributed by atoms with Crippen LogP contribution in [0.3, 0.4) is 0 Å². The van der Waals surface area contributed by atoms with E-state index in [1.807, 2.05) is 6.07 Å². The summed E-state index contributed by atoms with van der Waals surface area (Å²) in [5.74, 6) is 1.31. The first kappa shape index (κ1) is 16.3. The van der Waals surface area contributed by atoms with Gasteiger partial charge in [0.15, 0.2) is 0 Å². The zero-order chi connectivity index (χ0) is 14.9. The van der Waals surface area contributed by atoms with Crippen LogP contribution in [0.1, 0.15) is 45.6 Å². The first-order valence-electron chi connectivity index (χ1n) is 7.47. The fourth-order valence-corrected chi connectivity index (χ4v) is 4.03. The summed E-state index contributed by atoms with van der Waals surface area (Å²) < 4.78 is 1.03. The van der Waals surface area contributed by atoms with E-state index in [2.05, 4.69) is 48.8 Å². The molecular formula is C17H25BrClN. The normalized spacial score (nSPS) is 27.6. The smallest absolute Gasteiger partial charge is 0.0449 e. The van der Waals surface area contributed by atoms with Crippen molar-refractivity contribution >= 4 is 27.5 Å². The molecule has 1 aliphatic carbocycles. The topological polar surface area (TPSA) is 26.0 Å². The molecule has 1 saturated carbocycles. The van der Waals surface area contributed by atoms with Gasteiger partial charge in [0.2, 0.25) is 0 Å². The summed E-state index contributed by atoms with van der Waals surface area (Å²) in [4.78, 5) is 0. The highest BCUT2D eigenvalue weighted by Crippen LogP contribution is 2.41. The quantitative estimate of drug-likeness (QED) is 0.749. The molecule has 3 heteroatoms. The average molecular weight is 359 g/mol. The Morgan fingerprint density at radius 3 is 2.60 bits per heavy atom. The van der Waals surface area contributed by atoms with Gasteiger partial charge in [-0.1, -0.05) is 54.4 Å². The van der Waals surface area contributed by atoms with Crippen LogP contribution in [0.25, 0.3) is 0 Å². The van der Waals surface area contributed by atoms with Gasteiger partial charge >= 0.3 is 0 Å². The summed E-state index contributed by atoms with van der Waals surface area (Å²) in [7, 11) is 0. The Labute approximate surface area is 136 Å². The van der Waals surface area contributed by atoms with Crippen molar-refractivity contribution in [2.45, 2.75) is 52.5 Å². The highest BCUT2D eigenvalue weighted by atomic mass is 79.9. The molecule has 0 aliphatic heterocycles. The molecule has 1 nitrogen and oxygen atoms in total. The Balaban J connectivity index is 2.10. The predicted octanol–water partition coefficient (Wildman–Crippen LogP) is 5.43.